The highest BCUT2D eigenvalue weighted by Crippen LogP contribution is 2.45. The highest BCUT2D eigenvalue weighted by molar-refractivity contribution is 5.80. The Morgan fingerprint density at radius 2 is 1.44 bits per heavy atom. The summed E-state index contributed by atoms with van der Waals surface area (Å²) < 4.78 is 12.4. The fourth-order valence-corrected chi connectivity index (χ4v) is 5.91. The highest BCUT2D eigenvalue weighted by Gasteiger charge is 2.35. The molecule has 0 aromatic heterocycles. The Bertz CT molecular complexity index is 965. The topological polar surface area (TPSA) is 72.8 Å². The first-order valence-corrected chi connectivity index (χ1v) is 15.5. The maximum atomic E-state index is 12.4. The van der Waals surface area contributed by atoms with Crippen molar-refractivity contribution in [3.63, 3.8) is 0 Å². The Balaban J connectivity index is 1.89. The van der Waals surface area contributed by atoms with E-state index in [2.05, 4.69) is 34.6 Å². The van der Waals surface area contributed by atoms with Crippen molar-refractivity contribution in [2.24, 2.45) is 23.7 Å². The lowest BCUT2D eigenvalue weighted by Crippen LogP contribution is -2.37. The molecular formula is C34H56O5. The third-order valence-electron chi connectivity index (χ3n) is 8.95. The second kappa shape index (κ2) is 15.1. The third-order valence-corrected chi connectivity index (χ3v) is 8.95. The van der Waals surface area contributed by atoms with E-state index in [1.165, 1.54) is 58.3 Å². The number of esters is 1. The molecule has 1 aliphatic rings. The van der Waals surface area contributed by atoms with Gasteiger partial charge in [0.05, 0.1) is 12.3 Å². The van der Waals surface area contributed by atoms with E-state index in [0.29, 0.717) is 5.75 Å². The van der Waals surface area contributed by atoms with Crippen LogP contribution in [0.2, 0.25) is 0 Å². The van der Waals surface area contributed by atoms with Crippen LogP contribution in [0.25, 0.3) is 0 Å². The lowest BCUT2D eigenvalue weighted by molar-refractivity contribution is -0.146. The molecule has 2 rings (SSSR count). The summed E-state index contributed by atoms with van der Waals surface area (Å²) in [7, 11) is 0. The van der Waals surface area contributed by atoms with Gasteiger partial charge in [-0.3, -0.25) is 9.59 Å². The zero-order valence-corrected chi connectivity index (χ0v) is 26.4. The molecule has 0 saturated carbocycles. The molecule has 1 unspecified atom stereocenters. The molecule has 0 bridgehead atoms. The summed E-state index contributed by atoms with van der Waals surface area (Å²) in [5.74, 6) is 1.64. The Morgan fingerprint density at radius 1 is 0.872 bits per heavy atom. The minimum atomic E-state index is -0.994. The average molecular weight is 545 g/mol. The van der Waals surface area contributed by atoms with E-state index < -0.39 is 17.9 Å². The molecule has 5 heteroatoms. The molecule has 222 valence electrons. The van der Waals surface area contributed by atoms with Crippen LogP contribution in [0.3, 0.4) is 0 Å². The molecule has 1 aromatic rings. The van der Waals surface area contributed by atoms with Gasteiger partial charge in [-0.15, -0.1) is 0 Å². The van der Waals surface area contributed by atoms with Crippen molar-refractivity contribution in [2.45, 2.75) is 145 Å². The van der Waals surface area contributed by atoms with Crippen LogP contribution in [0.1, 0.15) is 134 Å². The van der Waals surface area contributed by atoms with Crippen LogP contribution < -0.4 is 9.47 Å². The minimum absolute atomic E-state index is 0.144. The van der Waals surface area contributed by atoms with Crippen molar-refractivity contribution >= 4 is 11.9 Å². The summed E-state index contributed by atoms with van der Waals surface area (Å²) in [5.41, 5.74) is 3.75. The van der Waals surface area contributed by atoms with Crippen LogP contribution in [0.5, 0.6) is 11.5 Å². The summed E-state index contributed by atoms with van der Waals surface area (Å²) in [6.07, 6.45) is 13.3. The van der Waals surface area contributed by atoms with Crippen molar-refractivity contribution in [1.82, 2.24) is 0 Å². The Hall–Kier alpha value is -2.04. The second-order valence-electron chi connectivity index (χ2n) is 13.3. The summed E-state index contributed by atoms with van der Waals surface area (Å²) in [4.78, 5) is 23.6. The molecular weight excluding hydrogens is 488 g/mol. The molecule has 0 aliphatic carbocycles. The van der Waals surface area contributed by atoms with Crippen LogP contribution in [0.4, 0.5) is 0 Å². The van der Waals surface area contributed by atoms with E-state index in [0.717, 1.165) is 65.0 Å². The summed E-state index contributed by atoms with van der Waals surface area (Å²) in [6.45, 7) is 19.2. The summed E-state index contributed by atoms with van der Waals surface area (Å²) >= 11 is 0. The average Bonchev–Trinajstić information content (AvgIpc) is 2.84. The maximum absolute atomic E-state index is 12.4. The number of hydrogen-bond acceptors (Lipinski definition) is 4. The van der Waals surface area contributed by atoms with Crippen LogP contribution in [0.15, 0.2) is 0 Å². The van der Waals surface area contributed by atoms with Gasteiger partial charge in [0, 0.05) is 5.56 Å². The number of carbonyl (C=O) groups excluding carboxylic acids is 1. The van der Waals surface area contributed by atoms with Crippen LogP contribution in [-0.4, -0.2) is 22.6 Å². The number of aliphatic carboxylic acids is 1. The zero-order valence-electron chi connectivity index (χ0n) is 26.4. The van der Waals surface area contributed by atoms with Gasteiger partial charge in [0.2, 0.25) is 0 Å². The first-order valence-electron chi connectivity index (χ1n) is 15.5. The first-order chi connectivity index (χ1) is 18.2. The van der Waals surface area contributed by atoms with Gasteiger partial charge in [0.25, 0.3) is 0 Å². The number of carboxylic acids is 1. The van der Waals surface area contributed by atoms with Gasteiger partial charge >= 0.3 is 11.9 Å². The lowest BCUT2D eigenvalue weighted by atomic mass is 9.83. The largest absolute Gasteiger partial charge is 0.487 e. The molecule has 1 aliphatic heterocycles. The molecule has 0 spiro atoms. The quantitative estimate of drug-likeness (QED) is 0.166. The maximum Gasteiger partial charge on any atom is 0.312 e. The second-order valence-corrected chi connectivity index (χ2v) is 13.3. The number of carbonyl (C=O) groups is 2. The SMILES string of the molecule is Cc1c(C)c2c(c(C)c1OC(=O)CC(C)C(=O)O)CC[C@@](C)(CCC[C@H](C)CCC[C@H](C)CCCC(C)C)O2. The number of fused-ring (bicyclic) bond motifs is 1. The molecule has 1 aromatic carbocycles. The molecule has 4 atom stereocenters. The number of ether oxygens (including phenoxy) is 2. The lowest BCUT2D eigenvalue weighted by Gasteiger charge is -2.38. The van der Waals surface area contributed by atoms with E-state index in [1.54, 1.807) is 0 Å². The van der Waals surface area contributed by atoms with E-state index >= 15 is 0 Å². The highest BCUT2D eigenvalue weighted by atomic mass is 16.5. The number of rotatable bonds is 16. The van der Waals surface area contributed by atoms with Crippen molar-refractivity contribution < 1.29 is 24.2 Å². The van der Waals surface area contributed by atoms with Gasteiger partial charge in [-0.2, -0.15) is 0 Å². The van der Waals surface area contributed by atoms with Crippen molar-refractivity contribution in [3.8, 4) is 11.5 Å². The number of benzene rings is 1. The van der Waals surface area contributed by atoms with Crippen LogP contribution in [0, 0.1) is 44.4 Å². The van der Waals surface area contributed by atoms with E-state index in [9.17, 15) is 9.59 Å². The summed E-state index contributed by atoms with van der Waals surface area (Å²) in [5, 5.41) is 9.12. The molecule has 1 N–H and O–H groups in total. The molecule has 0 radical (unpaired) electrons. The summed E-state index contributed by atoms with van der Waals surface area (Å²) in [6, 6.07) is 0. The molecule has 0 amide bonds. The molecule has 0 saturated heterocycles. The molecule has 5 nitrogen and oxygen atoms in total. The number of hydrogen-bond donors (Lipinski definition) is 1. The van der Waals surface area contributed by atoms with Crippen LogP contribution in [-0.2, 0) is 16.0 Å². The van der Waals surface area contributed by atoms with Gasteiger partial charge in [0.1, 0.15) is 17.1 Å². The number of carboxylic acid groups (broad SMARTS) is 1. The van der Waals surface area contributed by atoms with Gasteiger partial charge in [-0.25, -0.2) is 0 Å². The minimum Gasteiger partial charge on any atom is -0.487 e. The monoisotopic (exact) mass is 544 g/mol. The predicted octanol–water partition coefficient (Wildman–Crippen LogP) is 9.15. The van der Waals surface area contributed by atoms with Gasteiger partial charge < -0.3 is 14.6 Å². The van der Waals surface area contributed by atoms with Gasteiger partial charge in [0.15, 0.2) is 0 Å². The third kappa shape index (κ3) is 10.1. The molecule has 0 fully saturated rings. The van der Waals surface area contributed by atoms with Crippen molar-refractivity contribution in [3.05, 3.63) is 22.3 Å². The normalized spacial score (nSPS) is 19.2. The van der Waals surface area contributed by atoms with Gasteiger partial charge in [-0.1, -0.05) is 79.6 Å². The Kier molecular flexibility index (Phi) is 12.8. The van der Waals surface area contributed by atoms with Crippen molar-refractivity contribution in [2.75, 3.05) is 0 Å². The van der Waals surface area contributed by atoms with E-state index in [1.807, 2.05) is 20.8 Å². The van der Waals surface area contributed by atoms with Crippen LogP contribution >= 0.6 is 0 Å². The predicted molar refractivity (Wildman–Crippen MR) is 160 cm³/mol. The van der Waals surface area contributed by atoms with E-state index in [-0.39, 0.29) is 12.0 Å². The standard InChI is InChI=1S/C34H56O5/c1-22(2)13-10-14-23(3)15-11-16-24(4)17-12-19-34(9)20-18-29-28(8)31(26(6)27(7)32(29)39-34)38-30(35)21-25(5)33(36)37/h22-25H,10-21H2,1-9H3,(H,36,37)/t23-,24-,25?,34-/m1/s1. The van der Waals surface area contributed by atoms with Gasteiger partial charge in [-0.05, 0) is 87.8 Å². The molecule has 39 heavy (non-hydrogen) atoms. The van der Waals surface area contributed by atoms with E-state index in [4.69, 9.17) is 14.6 Å². The van der Waals surface area contributed by atoms with Crippen molar-refractivity contribution in [1.29, 1.82) is 0 Å². The fourth-order valence-electron chi connectivity index (χ4n) is 5.91. The Morgan fingerprint density at radius 3 is 2.00 bits per heavy atom. The Labute approximate surface area is 238 Å². The fraction of sp³-hybridized carbons (Fsp3) is 0.765. The zero-order chi connectivity index (χ0) is 29.3. The molecule has 1 heterocycles. The smallest absolute Gasteiger partial charge is 0.312 e. The first kappa shape index (κ1) is 33.2.